The van der Waals surface area contributed by atoms with E-state index in [4.69, 9.17) is 9.47 Å². The topological polar surface area (TPSA) is 38.7 Å². The predicted molar refractivity (Wildman–Crippen MR) is 69.5 cm³/mol. The number of aliphatic hydroxyl groups is 1. The van der Waals surface area contributed by atoms with E-state index in [1.54, 1.807) is 14.0 Å². The minimum atomic E-state index is -0.437. The Balaban J connectivity index is 3.03. The van der Waals surface area contributed by atoms with E-state index >= 15 is 0 Å². The first-order valence-corrected chi connectivity index (χ1v) is 5.75. The maximum atomic E-state index is 9.43. The number of aliphatic hydroxyl groups excluding tert-OH is 1. The van der Waals surface area contributed by atoms with E-state index in [2.05, 4.69) is 0 Å². The van der Waals surface area contributed by atoms with Gasteiger partial charge in [-0.1, -0.05) is 12.1 Å². The summed E-state index contributed by atoms with van der Waals surface area (Å²) in [6.45, 7) is 6.18. The van der Waals surface area contributed by atoms with Crippen LogP contribution in [0.1, 0.15) is 26.3 Å². The number of ether oxygens (including phenoxy) is 2. The molecule has 3 nitrogen and oxygen atoms in total. The fraction of sp³-hybridized carbons (Fsp3) is 0.429. The van der Waals surface area contributed by atoms with Crippen molar-refractivity contribution in [2.24, 2.45) is 0 Å². The number of benzene rings is 1. The van der Waals surface area contributed by atoms with E-state index in [0.29, 0.717) is 6.61 Å². The van der Waals surface area contributed by atoms with Crippen molar-refractivity contribution in [1.82, 2.24) is 0 Å². The van der Waals surface area contributed by atoms with Gasteiger partial charge in [0, 0.05) is 0 Å². The second kappa shape index (κ2) is 6.30. The molecule has 0 saturated heterocycles. The molecule has 0 radical (unpaired) electrons. The van der Waals surface area contributed by atoms with E-state index < -0.39 is 6.10 Å². The lowest BCUT2D eigenvalue weighted by Crippen LogP contribution is -2.00. The summed E-state index contributed by atoms with van der Waals surface area (Å²) in [5, 5.41) is 9.43. The highest BCUT2D eigenvalue weighted by molar-refractivity contribution is 5.58. The Bertz CT molecular complexity index is 394. The van der Waals surface area contributed by atoms with Gasteiger partial charge in [-0.2, -0.15) is 0 Å². The first-order chi connectivity index (χ1) is 8.08. The van der Waals surface area contributed by atoms with Gasteiger partial charge in [0.05, 0.1) is 19.8 Å². The molecule has 1 rings (SSSR count). The van der Waals surface area contributed by atoms with Gasteiger partial charge in [-0.05, 0) is 44.0 Å². The third kappa shape index (κ3) is 3.79. The minimum absolute atomic E-state index is 0.437. The molecule has 0 fully saturated rings. The molecule has 0 saturated carbocycles. The molecule has 94 valence electrons. The van der Waals surface area contributed by atoms with E-state index in [-0.39, 0.29) is 0 Å². The molecule has 0 amide bonds. The highest BCUT2D eigenvalue weighted by atomic mass is 16.5. The highest BCUT2D eigenvalue weighted by Crippen LogP contribution is 2.29. The van der Waals surface area contributed by atoms with Gasteiger partial charge in [0.25, 0.3) is 0 Å². The first-order valence-electron chi connectivity index (χ1n) is 5.75. The maximum absolute atomic E-state index is 9.43. The Morgan fingerprint density at radius 2 is 2.12 bits per heavy atom. The molecule has 1 N–H and O–H groups in total. The second-order valence-corrected chi connectivity index (χ2v) is 3.91. The number of hydrogen-bond acceptors (Lipinski definition) is 3. The molecular weight excluding hydrogens is 216 g/mol. The standard InChI is InChI=1S/C14H20O3/c1-5-17-14-9-12(6-7-13(14)16-4)8-10(2)11(3)15/h6-9,11,15H,5H2,1-4H3/b10-8-. The summed E-state index contributed by atoms with van der Waals surface area (Å²) in [5.74, 6) is 1.45. The Labute approximate surface area is 103 Å². The Hall–Kier alpha value is -1.48. The van der Waals surface area contributed by atoms with Crippen molar-refractivity contribution < 1.29 is 14.6 Å². The van der Waals surface area contributed by atoms with E-state index in [1.165, 1.54) is 0 Å². The third-order valence-corrected chi connectivity index (χ3v) is 2.54. The van der Waals surface area contributed by atoms with Crippen LogP contribution in [0.2, 0.25) is 0 Å². The van der Waals surface area contributed by atoms with Crippen LogP contribution in [-0.2, 0) is 0 Å². The Morgan fingerprint density at radius 3 is 2.65 bits per heavy atom. The summed E-state index contributed by atoms with van der Waals surface area (Å²) in [5.41, 5.74) is 1.91. The van der Waals surface area contributed by atoms with Gasteiger partial charge >= 0.3 is 0 Å². The van der Waals surface area contributed by atoms with Crippen LogP contribution in [0.25, 0.3) is 6.08 Å². The molecule has 3 heteroatoms. The van der Waals surface area contributed by atoms with Crippen LogP contribution in [0.15, 0.2) is 23.8 Å². The molecule has 1 atom stereocenters. The molecule has 0 aromatic heterocycles. The largest absolute Gasteiger partial charge is 0.493 e. The molecule has 17 heavy (non-hydrogen) atoms. The van der Waals surface area contributed by atoms with E-state index in [0.717, 1.165) is 22.6 Å². The van der Waals surface area contributed by atoms with Crippen LogP contribution in [0.3, 0.4) is 0 Å². The van der Waals surface area contributed by atoms with Gasteiger partial charge in [0.1, 0.15) is 0 Å². The normalized spacial score (nSPS) is 13.4. The summed E-state index contributed by atoms with van der Waals surface area (Å²) in [6.07, 6.45) is 1.50. The molecule has 1 unspecified atom stereocenters. The van der Waals surface area contributed by atoms with Crippen molar-refractivity contribution in [3.63, 3.8) is 0 Å². The molecule has 0 aliphatic rings. The number of hydrogen-bond donors (Lipinski definition) is 1. The van der Waals surface area contributed by atoms with Gasteiger partial charge in [-0.3, -0.25) is 0 Å². The number of methoxy groups -OCH3 is 1. The monoisotopic (exact) mass is 236 g/mol. The summed E-state index contributed by atoms with van der Waals surface area (Å²) < 4.78 is 10.7. The average Bonchev–Trinajstić information content (AvgIpc) is 2.29. The van der Waals surface area contributed by atoms with E-state index in [1.807, 2.05) is 38.1 Å². The van der Waals surface area contributed by atoms with Crippen molar-refractivity contribution in [3.05, 3.63) is 29.3 Å². The van der Waals surface area contributed by atoms with Gasteiger partial charge in [-0.15, -0.1) is 0 Å². The van der Waals surface area contributed by atoms with Crippen LogP contribution >= 0.6 is 0 Å². The van der Waals surface area contributed by atoms with Crippen molar-refractivity contribution in [1.29, 1.82) is 0 Å². The van der Waals surface area contributed by atoms with Crippen LogP contribution < -0.4 is 9.47 Å². The molecular formula is C14H20O3. The minimum Gasteiger partial charge on any atom is -0.493 e. The summed E-state index contributed by atoms with van der Waals surface area (Å²) in [6, 6.07) is 5.72. The van der Waals surface area contributed by atoms with Crippen LogP contribution in [-0.4, -0.2) is 24.9 Å². The van der Waals surface area contributed by atoms with Gasteiger partial charge in [-0.25, -0.2) is 0 Å². The molecule has 0 spiro atoms. The van der Waals surface area contributed by atoms with Crippen LogP contribution in [0, 0.1) is 0 Å². The smallest absolute Gasteiger partial charge is 0.161 e. The molecule has 0 heterocycles. The molecule has 0 bridgehead atoms. The van der Waals surface area contributed by atoms with Crippen molar-refractivity contribution in [2.45, 2.75) is 26.9 Å². The predicted octanol–water partition coefficient (Wildman–Crippen LogP) is 2.88. The lowest BCUT2D eigenvalue weighted by molar-refractivity contribution is 0.232. The van der Waals surface area contributed by atoms with Crippen LogP contribution in [0.5, 0.6) is 11.5 Å². The Morgan fingerprint density at radius 1 is 1.41 bits per heavy atom. The fourth-order valence-corrected chi connectivity index (χ4v) is 1.43. The van der Waals surface area contributed by atoms with Gasteiger partial charge < -0.3 is 14.6 Å². The van der Waals surface area contributed by atoms with Crippen molar-refractivity contribution in [3.8, 4) is 11.5 Å². The summed E-state index contributed by atoms with van der Waals surface area (Å²) >= 11 is 0. The zero-order valence-electron chi connectivity index (χ0n) is 10.9. The fourth-order valence-electron chi connectivity index (χ4n) is 1.43. The Kier molecular flexibility index (Phi) is 5.04. The molecule has 0 aliphatic carbocycles. The molecule has 1 aromatic rings. The van der Waals surface area contributed by atoms with E-state index in [9.17, 15) is 5.11 Å². The number of rotatable bonds is 5. The third-order valence-electron chi connectivity index (χ3n) is 2.54. The SMILES string of the molecule is CCOc1cc(/C=C(/C)C(C)O)ccc1OC. The maximum Gasteiger partial charge on any atom is 0.161 e. The van der Waals surface area contributed by atoms with Gasteiger partial charge in [0.2, 0.25) is 0 Å². The highest BCUT2D eigenvalue weighted by Gasteiger charge is 2.05. The average molecular weight is 236 g/mol. The summed E-state index contributed by atoms with van der Waals surface area (Å²) in [7, 11) is 1.62. The van der Waals surface area contributed by atoms with Crippen LogP contribution in [0.4, 0.5) is 0 Å². The second-order valence-electron chi connectivity index (χ2n) is 3.91. The molecule has 0 aliphatic heterocycles. The van der Waals surface area contributed by atoms with Crippen molar-refractivity contribution >= 4 is 6.08 Å². The van der Waals surface area contributed by atoms with Crippen molar-refractivity contribution in [2.75, 3.05) is 13.7 Å². The first kappa shape index (κ1) is 13.6. The quantitative estimate of drug-likeness (QED) is 0.854. The molecule has 1 aromatic carbocycles. The zero-order valence-corrected chi connectivity index (χ0v) is 10.9. The lowest BCUT2D eigenvalue weighted by Gasteiger charge is -2.10. The zero-order chi connectivity index (χ0) is 12.8. The van der Waals surface area contributed by atoms with Gasteiger partial charge in [0.15, 0.2) is 11.5 Å². The lowest BCUT2D eigenvalue weighted by atomic mass is 10.1. The summed E-state index contributed by atoms with van der Waals surface area (Å²) in [4.78, 5) is 0.